The highest BCUT2D eigenvalue weighted by atomic mass is 16.4. The first-order valence-corrected chi connectivity index (χ1v) is 7.01. The van der Waals surface area contributed by atoms with Crippen LogP contribution in [0.15, 0.2) is 24.3 Å². The van der Waals surface area contributed by atoms with E-state index in [1.807, 2.05) is 31.2 Å². The third-order valence-electron chi connectivity index (χ3n) is 3.98. The fourth-order valence-electron chi connectivity index (χ4n) is 3.30. The van der Waals surface area contributed by atoms with E-state index in [2.05, 4.69) is 18.7 Å². The van der Waals surface area contributed by atoms with E-state index in [9.17, 15) is 9.90 Å². The third kappa shape index (κ3) is 3.16. The summed E-state index contributed by atoms with van der Waals surface area (Å²) in [4.78, 5) is 13.9. The largest absolute Gasteiger partial charge is 0.480 e. The lowest BCUT2D eigenvalue weighted by atomic mass is 9.89. The van der Waals surface area contributed by atoms with Gasteiger partial charge in [0.05, 0.1) is 0 Å². The smallest absolute Gasteiger partial charge is 0.325 e. The number of carboxylic acids is 1. The molecule has 1 aliphatic rings. The maximum Gasteiger partial charge on any atom is 0.325 e. The summed E-state index contributed by atoms with van der Waals surface area (Å²) in [7, 11) is 0. The number of aryl methyl sites for hydroxylation is 1. The molecule has 1 unspecified atom stereocenters. The molecule has 2 rings (SSSR count). The Morgan fingerprint density at radius 1 is 1.26 bits per heavy atom. The minimum atomic E-state index is -0.740. The summed E-state index contributed by atoms with van der Waals surface area (Å²) in [6.07, 6.45) is 1.19. The molecule has 1 aromatic rings. The van der Waals surface area contributed by atoms with E-state index in [0.717, 1.165) is 24.2 Å². The quantitative estimate of drug-likeness (QED) is 0.909. The minimum Gasteiger partial charge on any atom is -0.480 e. The summed E-state index contributed by atoms with van der Waals surface area (Å²) in [5.74, 6) is 0.389. The van der Waals surface area contributed by atoms with Gasteiger partial charge in [0, 0.05) is 13.1 Å². The Bertz CT molecular complexity index is 448. The van der Waals surface area contributed by atoms with E-state index in [1.165, 1.54) is 6.42 Å². The zero-order chi connectivity index (χ0) is 14.0. The first-order chi connectivity index (χ1) is 8.99. The van der Waals surface area contributed by atoms with E-state index in [0.29, 0.717) is 11.8 Å². The van der Waals surface area contributed by atoms with E-state index < -0.39 is 12.0 Å². The fourth-order valence-corrected chi connectivity index (χ4v) is 3.30. The van der Waals surface area contributed by atoms with E-state index in [-0.39, 0.29) is 0 Å². The highest BCUT2D eigenvalue weighted by Gasteiger charge is 2.33. The molecule has 0 saturated carbocycles. The minimum absolute atomic E-state index is 0.508. The van der Waals surface area contributed by atoms with Gasteiger partial charge in [-0.1, -0.05) is 38.1 Å². The molecular formula is C16H23NO2. The monoisotopic (exact) mass is 261 g/mol. The molecule has 0 bridgehead atoms. The standard InChI is InChI=1S/C16H23NO2/c1-11-8-12(2)10-17(9-11)15(16(18)19)14-7-5-4-6-13(14)3/h4-7,11-12,15H,8-10H2,1-3H3,(H,18,19)/t11-,12+,15?. The number of hydrogen-bond acceptors (Lipinski definition) is 2. The maximum atomic E-state index is 11.7. The van der Waals surface area contributed by atoms with Gasteiger partial charge in [-0.15, -0.1) is 0 Å². The summed E-state index contributed by atoms with van der Waals surface area (Å²) in [6.45, 7) is 8.15. The van der Waals surface area contributed by atoms with Crippen molar-refractivity contribution >= 4 is 5.97 Å². The number of nitrogens with zero attached hydrogens (tertiary/aromatic N) is 1. The van der Waals surface area contributed by atoms with E-state index in [4.69, 9.17) is 0 Å². The van der Waals surface area contributed by atoms with Crippen LogP contribution in [-0.4, -0.2) is 29.1 Å². The van der Waals surface area contributed by atoms with Crippen LogP contribution >= 0.6 is 0 Å². The molecule has 3 atom stereocenters. The van der Waals surface area contributed by atoms with Crippen LogP contribution in [0.3, 0.4) is 0 Å². The van der Waals surface area contributed by atoms with E-state index in [1.54, 1.807) is 0 Å². The average molecular weight is 261 g/mol. The van der Waals surface area contributed by atoms with Crippen molar-refractivity contribution in [1.82, 2.24) is 4.90 Å². The highest BCUT2D eigenvalue weighted by molar-refractivity contribution is 5.76. The number of benzene rings is 1. The zero-order valence-corrected chi connectivity index (χ0v) is 12.0. The van der Waals surface area contributed by atoms with Crippen LogP contribution < -0.4 is 0 Å². The van der Waals surface area contributed by atoms with Gasteiger partial charge in [-0.3, -0.25) is 9.69 Å². The second-order valence-electron chi connectivity index (χ2n) is 6.00. The van der Waals surface area contributed by atoms with Gasteiger partial charge in [0.25, 0.3) is 0 Å². The molecule has 0 amide bonds. The number of hydrogen-bond donors (Lipinski definition) is 1. The predicted molar refractivity (Wildman–Crippen MR) is 76.1 cm³/mol. The second kappa shape index (κ2) is 5.74. The van der Waals surface area contributed by atoms with Crippen molar-refractivity contribution < 1.29 is 9.90 Å². The molecule has 3 heteroatoms. The van der Waals surface area contributed by atoms with Crippen molar-refractivity contribution in [3.63, 3.8) is 0 Å². The lowest BCUT2D eigenvalue weighted by molar-refractivity contribution is -0.144. The Kier molecular flexibility index (Phi) is 4.25. The maximum absolute atomic E-state index is 11.7. The highest BCUT2D eigenvalue weighted by Crippen LogP contribution is 2.30. The number of piperidine rings is 1. The predicted octanol–water partition coefficient (Wildman–Crippen LogP) is 3.10. The van der Waals surface area contributed by atoms with Gasteiger partial charge in [0.15, 0.2) is 0 Å². The van der Waals surface area contributed by atoms with Crippen LogP contribution in [0, 0.1) is 18.8 Å². The number of carboxylic acid groups (broad SMARTS) is 1. The Balaban J connectivity index is 2.31. The second-order valence-corrected chi connectivity index (χ2v) is 6.00. The van der Waals surface area contributed by atoms with Gasteiger partial charge in [-0.2, -0.15) is 0 Å². The molecule has 0 radical (unpaired) electrons. The molecule has 1 aliphatic heterocycles. The average Bonchev–Trinajstić information content (AvgIpc) is 2.30. The Morgan fingerprint density at radius 3 is 2.37 bits per heavy atom. The van der Waals surface area contributed by atoms with E-state index >= 15 is 0 Å². The third-order valence-corrected chi connectivity index (χ3v) is 3.98. The number of likely N-dealkylation sites (tertiary alicyclic amines) is 1. The lowest BCUT2D eigenvalue weighted by Crippen LogP contribution is -2.44. The molecule has 1 fully saturated rings. The number of aliphatic carboxylic acids is 1. The molecule has 1 heterocycles. The molecule has 19 heavy (non-hydrogen) atoms. The number of carbonyl (C=O) groups is 1. The SMILES string of the molecule is Cc1ccccc1C(C(=O)O)N1C[C@H](C)C[C@H](C)C1. The van der Waals surface area contributed by atoms with Gasteiger partial charge in [0.1, 0.15) is 6.04 Å². The molecule has 1 N–H and O–H groups in total. The van der Waals surface area contributed by atoms with Crippen LogP contribution in [0.5, 0.6) is 0 Å². The summed E-state index contributed by atoms with van der Waals surface area (Å²) in [6, 6.07) is 7.31. The molecule has 0 aromatic heterocycles. The van der Waals surface area contributed by atoms with Crippen molar-refractivity contribution in [3.05, 3.63) is 35.4 Å². The van der Waals surface area contributed by atoms with Crippen LogP contribution in [0.25, 0.3) is 0 Å². The lowest BCUT2D eigenvalue weighted by Gasteiger charge is -2.38. The Morgan fingerprint density at radius 2 is 1.84 bits per heavy atom. The molecule has 0 spiro atoms. The Hall–Kier alpha value is -1.35. The fraction of sp³-hybridized carbons (Fsp3) is 0.562. The van der Waals surface area contributed by atoms with Crippen molar-refractivity contribution in [1.29, 1.82) is 0 Å². The van der Waals surface area contributed by atoms with Crippen molar-refractivity contribution in [2.45, 2.75) is 33.2 Å². The Labute approximate surface area is 115 Å². The summed E-state index contributed by atoms with van der Waals surface area (Å²) >= 11 is 0. The number of rotatable bonds is 3. The van der Waals surface area contributed by atoms with Crippen molar-refractivity contribution in [2.75, 3.05) is 13.1 Å². The zero-order valence-electron chi connectivity index (χ0n) is 12.0. The van der Waals surface area contributed by atoms with Crippen molar-refractivity contribution in [2.24, 2.45) is 11.8 Å². The van der Waals surface area contributed by atoms with Gasteiger partial charge < -0.3 is 5.11 Å². The molecule has 1 aromatic carbocycles. The summed E-state index contributed by atoms with van der Waals surface area (Å²) in [5, 5.41) is 9.63. The molecule has 1 saturated heterocycles. The van der Waals surface area contributed by atoms with Crippen LogP contribution in [0.1, 0.15) is 37.4 Å². The van der Waals surface area contributed by atoms with Crippen LogP contribution in [-0.2, 0) is 4.79 Å². The van der Waals surface area contributed by atoms with Crippen molar-refractivity contribution in [3.8, 4) is 0 Å². The van der Waals surface area contributed by atoms with Crippen LogP contribution in [0.4, 0.5) is 0 Å². The van der Waals surface area contributed by atoms with Gasteiger partial charge >= 0.3 is 5.97 Å². The first kappa shape index (κ1) is 14.1. The molecule has 3 nitrogen and oxygen atoms in total. The molecule has 0 aliphatic carbocycles. The topological polar surface area (TPSA) is 40.5 Å². The molecular weight excluding hydrogens is 238 g/mol. The molecule has 104 valence electrons. The van der Waals surface area contributed by atoms with Gasteiger partial charge in [-0.05, 0) is 36.3 Å². The summed E-state index contributed by atoms with van der Waals surface area (Å²) in [5.41, 5.74) is 1.98. The van der Waals surface area contributed by atoms with Crippen LogP contribution in [0.2, 0.25) is 0 Å². The summed E-state index contributed by atoms with van der Waals surface area (Å²) < 4.78 is 0. The van der Waals surface area contributed by atoms with Gasteiger partial charge in [-0.25, -0.2) is 0 Å². The first-order valence-electron chi connectivity index (χ1n) is 7.01. The normalized spacial score (nSPS) is 26.1. The van der Waals surface area contributed by atoms with Gasteiger partial charge in [0.2, 0.25) is 0 Å².